The Morgan fingerprint density at radius 2 is 1.48 bits per heavy atom. The maximum Gasteiger partial charge on any atom is 0.243 e. The van der Waals surface area contributed by atoms with Crippen LogP contribution in [0.5, 0.6) is 0 Å². The highest BCUT2D eigenvalue weighted by atomic mass is 32.2. The van der Waals surface area contributed by atoms with E-state index < -0.39 is 10.0 Å². The highest BCUT2D eigenvalue weighted by Crippen LogP contribution is 2.28. The summed E-state index contributed by atoms with van der Waals surface area (Å²) in [5, 5.41) is 11.0. The van der Waals surface area contributed by atoms with Crippen molar-refractivity contribution in [3.63, 3.8) is 0 Å². The molecule has 0 amide bonds. The van der Waals surface area contributed by atoms with E-state index in [1.807, 2.05) is 48.5 Å². The number of nitrogens with zero attached hydrogens (tertiary/aromatic N) is 3. The van der Waals surface area contributed by atoms with Gasteiger partial charge in [-0.1, -0.05) is 48.5 Å². The van der Waals surface area contributed by atoms with Gasteiger partial charge in [0.15, 0.2) is 0 Å². The number of hydrogen-bond donors (Lipinski definition) is 0. The topological polar surface area (TPSA) is 64.4 Å². The monoisotopic (exact) mass is 377 g/mol. The molecule has 0 saturated carbocycles. The molecule has 1 fully saturated rings. The number of rotatable bonds is 3. The van der Waals surface area contributed by atoms with Gasteiger partial charge in [-0.2, -0.15) is 9.57 Å². The third-order valence-electron chi connectivity index (χ3n) is 4.97. The Balaban J connectivity index is 1.60. The maximum absolute atomic E-state index is 13.2. The van der Waals surface area contributed by atoms with Gasteiger partial charge in [0.1, 0.15) is 6.07 Å². The summed E-state index contributed by atoms with van der Waals surface area (Å²) < 4.78 is 28.0. The summed E-state index contributed by atoms with van der Waals surface area (Å²) in [6.07, 6.45) is 0. The number of anilines is 1. The van der Waals surface area contributed by atoms with Gasteiger partial charge >= 0.3 is 0 Å². The predicted octanol–water partition coefficient (Wildman–Crippen LogP) is 3.22. The molecular formula is C21H19N3O2S. The summed E-state index contributed by atoms with van der Waals surface area (Å²) in [6.45, 7) is 1.90. The van der Waals surface area contributed by atoms with Crippen LogP contribution in [0, 0.1) is 11.3 Å². The van der Waals surface area contributed by atoms with Gasteiger partial charge in [-0.15, -0.1) is 0 Å². The molecule has 3 aromatic carbocycles. The van der Waals surface area contributed by atoms with Crippen molar-refractivity contribution in [1.82, 2.24) is 4.31 Å². The average Bonchev–Trinajstić information content (AvgIpc) is 2.73. The Labute approximate surface area is 159 Å². The SMILES string of the molecule is N#Cc1ccccc1N1CCN(S(=O)(=O)c2cccc3ccccc23)CC1. The highest BCUT2D eigenvalue weighted by Gasteiger charge is 2.30. The molecule has 0 radical (unpaired) electrons. The fourth-order valence-electron chi connectivity index (χ4n) is 3.57. The van der Waals surface area contributed by atoms with E-state index in [1.54, 1.807) is 22.5 Å². The van der Waals surface area contributed by atoms with Crippen LogP contribution in [0.4, 0.5) is 5.69 Å². The minimum absolute atomic E-state index is 0.353. The first-order chi connectivity index (χ1) is 13.1. The molecule has 1 heterocycles. The summed E-state index contributed by atoms with van der Waals surface area (Å²) in [6, 6.07) is 22.6. The Hall–Kier alpha value is -2.88. The molecule has 6 heteroatoms. The lowest BCUT2D eigenvalue weighted by molar-refractivity contribution is 0.385. The molecule has 1 aliphatic heterocycles. The number of benzene rings is 3. The predicted molar refractivity (Wildman–Crippen MR) is 106 cm³/mol. The van der Waals surface area contributed by atoms with Crippen molar-refractivity contribution in [2.24, 2.45) is 0 Å². The second-order valence-corrected chi connectivity index (χ2v) is 8.40. The van der Waals surface area contributed by atoms with Crippen molar-refractivity contribution < 1.29 is 8.42 Å². The van der Waals surface area contributed by atoms with Crippen molar-refractivity contribution in [3.05, 3.63) is 72.3 Å². The quantitative estimate of drug-likeness (QED) is 0.703. The fourth-order valence-corrected chi connectivity index (χ4v) is 5.21. The van der Waals surface area contributed by atoms with Crippen LogP contribution in [0.2, 0.25) is 0 Å². The molecule has 5 nitrogen and oxygen atoms in total. The van der Waals surface area contributed by atoms with E-state index in [-0.39, 0.29) is 0 Å². The number of fused-ring (bicyclic) bond motifs is 1. The molecule has 1 saturated heterocycles. The van der Waals surface area contributed by atoms with Crippen molar-refractivity contribution in [2.45, 2.75) is 4.90 Å². The lowest BCUT2D eigenvalue weighted by Gasteiger charge is -2.35. The van der Waals surface area contributed by atoms with Gasteiger partial charge < -0.3 is 4.90 Å². The minimum atomic E-state index is -3.57. The molecule has 0 unspecified atom stereocenters. The van der Waals surface area contributed by atoms with Gasteiger partial charge in [0.25, 0.3) is 0 Å². The maximum atomic E-state index is 13.2. The van der Waals surface area contributed by atoms with E-state index in [2.05, 4.69) is 11.0 Å². The van der Waals surface area contributed by atoms with E-state index in [0.29, 0.717) is 36.6 Å². The first-order valence-corrected chi connectivity index (χ1v) is 10.3. The zero-order chi connectivity index (χ0) is 18.9. The van der Waals surface area contributed by atoms with Gasteiger partial charge in [-0.3, -0.25) is 0 Å². The van der Waals surface area contributed by atoms with E-state index in [4.69, 9.17) is 0 Å². The second kappa shape index (κ2) is 7.03. The Bertz CT molecular complexity index is 1120. The van der Waals surface area contributed by atoms with E-state index in [0.717, 1.165) is 16.5 Å². The first-order valence-electron chi connectivity index (χ1n) is 8.83. The van der Waals surface area contributed by atoms with Crippen LogP contribution >= 0.6 is 0 Å². The molecule has 0 atom stereocenters. The second-order valence-electron chi connectivity index (χ2n) is 6.50. The number of hydrogen-bond acceptors (Lipinski definition) is 4. The third-order valence-corrected chi connectivity index (χ3v) is 6.93. The number of sulfonamides is 1. The van der Waals surface area contributed by atoms with Crippen molar-refractivity contribution in [2.75, 3.05) is 31.1 Å². The summed E-state index contributed by atoms with van der Waals surface area (Å²) in [7, 11) is -3.57. The third kappa shape index (κ3) is 3.16. The van der Waals surface area contributed by atoms with E-state index in [9.17, 15) is 13.7 Å². The van der Waals surface area contributed by atoms with Gasteiger partial charge in [-0.05, 0) is 23.6 Å². The summed E-state index contributed by atoms with van der Waals surface area (Å²) >= 11 is 0. The molecule has 1 aliphatic rings. The Morgan fingerprint density at radius 1 is 0.815 bits per heavy atom. The minimum Gasteiger partial charge on any atom is -0.368 e. The molecule has 0 N–H and O–H groups in total. The van der Waals surface area contributed by atoms with E-state index >= 15 is 0 Å². The van der Waals surface area contributed by atoms with Crippen LogP contribution in [0.3, 0.4) is 0 Å². The molecule has 0 spiro atoms. The van der Waals surface area contributed by atoms with Crippen molar-refractivity contribution in [1.29, 1.82) is 5.26 Å². The van der Waals surface area contributed by atoms with Crippen LogP contribution in [-0.2, 0) is 10.0 Å². The Kier molecular flexibility index (Phi) is 4.56. The molecule has 0 bridgehead atoms. The van der Waals surface area contributed by atoms with Crippen LogP contribution < -0.4 is 4.90 Å². The van der Waals surface area contributed by atoms with Crippen molar-refractivity contribution in [3.8, 4) is 6.07 Å². The lowest BCUT2D eigenvalue weighted by atomic mass is 10.1. The zero-order valence-electron chi connectivity index (χ0n) is 14.7. The summed E-state index contributed by atoms with van der Waals surface area (Å²) in [4.78, 5) is 2.43. The number of nitriles is 1. The standard InChI is InChI=1S/C21H19N3O2S/c22-16-18-7-2-4-10-20(18)23-12-14-24(15-13-23)27(25,26)21-11-5-8-17-6-1-3-9-19(17)21/h1-11H,12-15H2. The number of piperazine rings is 1. The fraction of sp³-hybridized carbons (Fsp3) is 0.190. The van der Waals surface area contributed by atoms with Gasteiger partial charge in [0.2, 0.25) is 10.0 Å². The molecular weight excluding hydrogens is 358 g/mol. The summed E-state index contributed by atoms with van der Waals surface area (Å²) in [5.41, 5.74) is 1.48. The molecule has 0 aliphatic carbocycles. The molecule has 3 aromatic rings. The Morgan fingerprint density at radius 3 is 2.26 bits per heavy atom. The van der Waals surface area contributed by atoms with Gasteiger partial charge in [0, 0.05) is 31.6 Å². The molecule has 27 heavy (non-hydrogen) atoms. The van der Waals surface area contributed by atoms with Crippen LogP contribution in [-0.4, -0.2) is 38.9 Å². The van der Waals surface area contributed by atoms with Crippen LogP contribution in [0.1, 0.15) is 5.56 Å². The molecule has 4 rings (SSSR count). The molecule has 136 valence electrons. The summed E-state index contributed by atoms with van der Waals surface area (Å²) in [5.74, 6) is 0. The average molecular weight is 377 g/mol. The number of para-hydroxylation sites is 1. The highest BCUT2D eigenvalue weighted by molar-refractivity contribution is 7.89. The van der Waals surface area contributed by atoms with Crippen LogP contribution in [0.25, 0.3) is 10.8 Å². The zero-order valence-corrected chi connectivity index (χ0v) is 15.6. The smallest absolute Gasteiger partial charge is 0.243 e. The van der Waals surface area contributed by atoms with Gasteiger partial charge in [0.05, 0.1) is 16.1 Å². The molecule has 0 aromatic heterocycles. The largest absolute Gasteiger partial charge is 0.368 e. The van der Waals surface area contributed by atoms with E-state index in [1.165, 1.54) is 0 Å². The van der Waals surface area contributed by atoms with Crippen molar-refractivity contribution >= 4 is 26.5 Å². The first kappa shape index (κ1) is 17.5. The lowest BCUT2D eigenvalue weighted by Crippen LogP contribution is -2.48. The van der Waals surface area contributed by atoms with Crippen LogP contribution in [0.15, 0.2) is 71.6 Å². The van der Waals surface area contributed by atoms with Gasteiger partial charge in [-0.25, -0.2) is 8.42 Å². The normalized spacial score (nSPS) is 15.6.